The van der Waals surface area contributed by atoms with E-state index in [-0.39, 0.29) is 21.7 Å². The minimum Gasteiger partial charge on any atom is -0.553 e. The molecule has 0 radical (unpaired) electrons. The number of aromatic hydroxyl groups is 1. The second-order valence-corrected chi connectivity index (χ2v) is 18.4. The van der Waals surface area contributed by atoms with Crippen LogP contribution in [0.25, 0.3) is 31.7 Å². The summed E-state index contributed by atoms with van der Waals surface area (Å²) in [6.07, 6.45) is 0. The monoisotopic (exact) mass is 662 g/mol. The summed E-state index contributed by atoms with van der Waals surface area (Å²) in [6.45, 7) is 28.5. The van der Waals surface area contributed by atoms with Crippen molar-refractivity contribution in [1.82, 2.24) is 0 Å². The van der Waals surface area contributed by atoms with E-state index in [1.165, 1.54) is 46.8 Å². The van der Waals surface area contributed by atoms with Crippen LogP contribution >= 0.6 is 22.7 Å². The highest BCUT2D eigenvalue weighted by Crippen LogP contribution is 2.53. The third-order valence-corrected chi connectivity index (χ3v) is 12.0. The van der Waals surface area contributed by atoms with E-state index in [2.05, 4.69) is 101 Å². The number of phenols is 1. The first-order valence-electron chi connectivity index (χ1n) is 15.8. The fraction of sp³-hybridized carbons (Fsp3) is 0.474. The van der Waals surface area contributed by atoms with Gasteiger partial charge in [0.25, 0.3) is 0 Å². The van der Waals surface area contributed by atoms with E-state index in [1.54, 1.807) is 17.4 Å². The van der Waals surface area contributed by atoms with Crippen molar-refractivity contribution < 1.29 is 19.0 Å². The molecule has 1 N–H and O–H groups in total. The molecule has 7 heteroatoms. The van der Waals surface area contributed by atoms with Crippen molar-refractivity contribution in [3.8, 4) is 11.5 Å². The molecule has 4 heterocycles. The quantitative estimate of drug-likeness (QED) is 0.222. The summed E-state index contributed by atoms with van der Waals surface area (Å²) < 4.78 is 20.4. The summed E-state index contributed by atoms with van der Waals surface area (Å²) in [6, 6.07) is 12.0. The molecule has 242 valence electrons. The number of fused-ring (bicyclic) bond motifs is 2. The first-order chi connectivity index (χ1) is 20.8. The van der Waals surface area contributed by atoms with Crippen LogP contribution in [0.4, 0.5) is 0 Å². The zero-order valence-corrected chi connectivity index (χ0v) is 33.0. The maximum absolute atomic E-state index is 9.75. The molecule has 45 heavy (non-hydrogen) atoms. The molecular formula is C38H50O4S2Si. The Kier molecular flexibility index (Phi) is 8.59. The molecule has 2 aliphatic heterocycles. The number of phenolic OH excluding ortho intramolecular Hbond substituents is 1. The van der Waals surface area contributed by atoms with Gasteiger partial charge in [0.1, 0.15) is 23.0 Å². The Morgan fingerprint density at radius 1 is 0.711 bits per heavy atom. The molecule has 0 bridgehead atoms. The van der Waals surface area contributed by atoms with Crippen LogP contribution in [-0.2, 0) is 9.47 Å². The van der Waals surface area contributed by atoms with Gasteiger partial charge in [-0.25, -0.2) is 0 Å². The van der Waals surface area contributed by atoms with Crippen LogP contribution < -0.4 is 4.43 Å². The average molecular weight is 663 g/mol. The van der Waals surface area contributed by atoms with Crippen LogP contribution in [0.15, 0.2) is 47.5 Å². The van der Waals surface area contributed by atoms with Crippen molar-refractivity contribution in [2.45, 2.75) is 83.1 Å². The van der Waals surface area contributed by atoms with E-state index in [4.69, 9.17) is 13.9 Å². The molecule has 0 aliphatic carbocycles. The maximum atomic E-state index is 9.75. The molecule has 4 nitrogen and oxygen atoms in total. The van der Waals surface area contributed by atoms with Gasteiger partial charge in [-0.1, -0.05) is 69.2 Å². The summed E-state index contributed by atoms with van der Waals surface area (Å²) in [7, 11) is 0.718. The molecular weight excluding hydrogens is 613 g/mol. The lowest BCUT2D eigenvalue weighted by Gasteiger charge is -2.30. The predicted molar refractivity (Wildman–Crippen MR) is 198 cm³/mol. The predicted octanol–water partition coefficient (Wildman–Crippen LogP) is 10.4. The second-order valence-electron chi connectivity index (χ2n) is 15.9. The zero-order valence-electron chi connectivity index (χ0n) is 29.4. The van der Waals surface area contributed by atoms with Crippen LogP contribution in [0, 0.1) is 35.5 Å². The first-order valence-corrected chi connectivity index (χ1v) is 18.3. The number of hydrogen-bond donors (Lipinski definition) is 1. The normalized spacial score (nSPS) is 18.0. The highest BCUT2D eigenvalue weighted by Gasteiger charge is 2.43. The topological polar surface area (TPSA) is 47.9 Å². The highest BCUT2D eigenvalue weighted by atomic mass is 32.1. The Bertz CT molecular complexity index is 1840. The lowest BCUT2D eigenvalue weighted by atomic mass is 9.71. The number of benzene rings is 2. The van der Waals surface area contributed by atoms with Crippen molar-refractivity contribution in [3.05, 3.63) is 68.4 Å². The van der Waals surface area contributed by atoms with Crippen LogP contribution in [0.2, 0.25) is 0 Å². The fourth-order valence-electron chi connectivity index (χ4n) is 7.45. The van der Waals surface area contributed by atoms with Crippen molar-refractivity contribution >= 4 is 64.9 Å². The van der Waals surface area contributed by atoms with Crippen molar-refractivity contribution in [2.75, 3.05) is 13.2 Å². The molecule has 2 aromatic heterocycles. The number of ether oxygens (including phenoxy) is 2. The van der Waals surface area contributed by atoms with Gasteiger partial charge < -0.3 is 19.0 Å². The first kappa shape index (κ1) is 33.6. The minimum absolute atomic E-state index is 0.0539. The molecule has 6 rings (SSSR count). The summed E-state index contributed by atoms with van der Waals surface area (Å²) >= 11 is 3.59. The molecule has 0 spiro atoms. The summed E-state index contributed by atoms with van der Waals surface area (Å²) in [5, 5.41) is 12.2. The molecule has 4 aromatic rings. The summed E-state index contributed by atoms with van der Waals surface area (Å²) in [5.41, 5.74) is 5.63. The standard InChI is InChI=1S/C19H26O2SSi.C19H24O2S/c1-11-13-9-12(21-23)7-8-14(13)22-16(11)15-17(18(2,3)4)19(5,6)10-20-15;1-11-13-9-12(20)7-8-14(13)22-16(11)15-17(18(2,3)4)19(5,6)10-21-15/h7-9H,10H2,1-6,23H3;7-9,20H,10H2,1-6H3. The van der Waals surface area contributed by atoms with Gasteiger partial charge in [-0.3, -0.25) is 0 Å². The van der Waals surface area contributed by atoms with Crippen LogP contribution in [0.3, 0.4) is 0 Å². The Morgan fingerprint density at radius 3 is 1.56 bits per heavy atom. The third kappa shape index (κ3) is 6.20. The van der Waals surface area contributed by atoms with Crippen LogP contribution in [-0.4, -0.2) is 28.8 Å². The number of hydrogen-bond acceptors (Lipinski definition) is 6. The zero-order chi connectivity index (χ0) is 33.3. The van der Waals surface area contributed by atoms with E-state index < -0.39 is 0 Å². The fourth-order valence-corrected chi connectivity index (χ4v) is 10.1. The molecule has 2 aromatic carbocycles. The molecule has 0 unspecified atom stereocenters. The van der Waals surface area contributed by atoms with Gasteiger partial charge >= 0.3 is 0 Å². The lowest BCUT2D eigenvalue weighted by Crippen LogP contribution is -2.24. The number of aryl methyl sites for hydroxylation is 2. The molecule has 0 atom stereocenters. The van der Waals surface area contributed by atoms with E-state index >= 15 is 0 Å². The smallest absolute Gasteiger partial charge is 0.204 e. The molecule has 0 amide bonds. The van der Waals surface area contributed by atoms with Gasteiger partial charge in [0.15, 0.2) is 0 Å². The average Bonchev–Trinajstić information content (AvgIpc) is 3.64. The van der Waals surface area contributed by atoms with Crippen molar-refractivity contribution in [2.24, 2.45) is 21.7 Å². The van der Waals surface area contributed by atoms with Gasteiger partial charge in [-0.05, 0) is 94.1 Å². The number of thiophene rings is 2. The van der Waals surface area contributed by atoms with Crippen LogP contribution in [0.1, 0.15) is 90.1 Å². The maximum Gasteiger partial charge on any atom is 0.204 e. The van der Waals surface area contributed by atoms with Crippen molar-refractivity contribution in [1.29, 1.82) is 0 Å². The van der Waals surface area contributed by atoms with E-state index in [1.807, 2.05) is 23.5 Å². The van der Waals surface area contributed by atoms with Gasteiger partial charge in [0, 0.05) is 20.2 Å². The minimum atomic E-state index is 0.0539. The van der Waals surface area contributed by atoms with E-state index in [9.17, 15) is 5.11 Å². The lowest BCUT2D eigenvalue weighted by molar-refractivity contribution is 0.214. The largest absolute Gasteiger partial charge is 0.553 e. The van der Waals surface area contributed by atoms with Gasteiger partial charge in [-0.2, -0.15) is 0 Å². The Balaban J connectivity index is 0.000000178. The summed E-state index contributed by atoms with van der Waals surface area (Å²) in [4.78, 5) is 2.48. The number of rotatable bonds is 3. The van der Waals surface area contributed by atoms with Crippen LogP contribution in [0.5, 0.6) is 11.5 Å². The van der Waals surface area contributed by atoms with Gasteiger partial charge in [0.2, 0.25) is 10.5 Å². The highest BCUT2D eigenvalue weighted by molar-refractivity contribution is 7.20. The Labute approximate surface area is 280 Å². The molecule has 2 aliphatic rings. The Morgan fingerprint density at radius 2 is 1.13 bits per heavy atom. The summed E-state index contributed by atoms with van der Waals surface area (Å²) in [5.74, 6) is 3.44. The SMILES string of the molecule is Cc1c(C2=C(C(C)(C)C)C(C)(C)CO2)sc2ccc(O)cc12.Cc1c(C2=C(C(C)(C)C)C(C)(C)CO2)sc2ccc(O[SiH3])cc12. The van der Waals surface area contributed by atoms with Gasteiger partial charge in [-0.15, -0.1) is 22.7 Å². The van der Waals surface area contributed by atoms with Gasteiger partial charge in [0.05, 0.1) is 23.0 Å². The third-order valence-electron chi connectivity index (χ3n) is 8.94. The van der Waals surface area contributed by atoms with E-state index in [0.29, 0.717) is 5.75 Å². The second kappa shape index (κ2) is 11.5. The van der Waals surface area contributed by atoms with Crippen molar-refractivity contribution in [3.63, 3.8) is 0 Å². The molecule has 0 fully saturated rings. The molecule has 0 saturated heterocycles. The molecule has 0 saturated carbocycles. The Hall–Kier alpha value is -2.74. The van der Waals surface area contributed by atoms with E-state index in [0.717, 1.165) is 46.4 Å².